The fraction of sp³-hybridized carbons (Fsp3) is 0.278. The molecule has 0 aliphatic carbocycles. The van der Waals surface area contributed by atoms with Crippen LogP contribution in [0.5, 0.6) is 5.75 Å². The van der Waals surface area contributed by atoms with Crippen molar-refractivity contribution in [1.29, 1.82) is 0 Å². The molecule has 0 atom stereocenters. The molecule has 0 saturated carbocycles. The molecule has 0 aliphatic rings. The van der Waals surface area contributed by atoms with E-state index in [9.17, 15) is 14.4 Å². The van der Waals surface area contributed by atoms with E-state index in [4.69, 9.17) is 19.9 Å². The van der Waals surface area contributed by atoms with E-state index in [-0.39, 0.29) is 34.2 Å². The zero-order valence-electron chi connectivity index (χ0n) is 15.2. The second-order valence-electron chi connectivity index (χ2n) is 5.25. The molecule has 1 aromatic heterocycles. The van der Waals surface area contributed by atoms with Crippen LogP contribution in [-0.4, -0.2) is 38.6 Å². The number of rotatable bonds is 7. The third-order valence-electron chi connectivity index (χ3n) is 3.62. The molecule has 8 nitrogen and oxygen atoms in total. The molecule has 2 aromatic rings. The molecular formula is C18H20N2O6S. The van der Waals surface area contributed by atoms with E-state index in [2.05, 4.69) is 5.32 Å². The molecule has 0 unspecified atom stereocenters. The summed E-state index contributed by atoms with van der Waals surface area (Å²) in [6.07, 6.45) is 0. The largest absolute Gasteiger partial charge is 0.497 e. The Kier molecular flexibility index (Phi) is 6.78. The molecule has 0 fully saturated rings. The lowest BCUT2D eigenvalue weighted by atomic mass is 10.1. The highest BCUT2D eigenvalue weighted by Crippen LogP contribution is 2.32. The minimum Gasteiger partial charge on any atom is -0.497 e. The number of anilines is 1. The number of hydrogen-bond acceptors (Lipinski definition) is 8. The van der Waals surface area contributed by atoms with Gasteiger partial charge in [-0.3, -0.25) is 4.79 Å². The van der Waals surface area contributed by atoms with Crippen molar-refractivity contribution >= 4 is 34.2 Å². The molecule has 0 aliphatic heterocycles. The Hall–Kier alpha value is -3.07. The molecule has 0 bridgehead atoms. The van der Waals surface area contributed by atoms with E-state index < -0.39 is 17.8 Å². The minimum atomic E-state index is -0.670. The third-order valence-corrected chi connectivity index (χ3v) is 4.68. The number of nitrogen functional groups attached to an aromatic ring is 1. The molecule has 2 rings (SSSR count). The van der Waals surface area contributed by atoms with Crippen LogP contribution in [-0.2, 0) is 16.1 Å². The summed E-state index contributed by atoms with van der Waals surface area (Å²) in [5.41, 5.74) is 6.47. The molecule has 27 heavy (non-hydrogen) atoms. The second kappa shape index (κ2) is 9.04. The van der Waals surface area contributed by atoms with Gasteiger partial charge >= 0.3 is 11.9 Å². The van der Waals surface area contributed by atoms with Gasteiger partial charge < -0.3 is 25.3 Å². The van der Waals surface area contributed by atoms with Crippen LogP contribution in [0, 0.1) is 0 Å². The Bertz CT molecular complexity index is 844. The average Bonchev–Trinajstić information content (AvgIpc) is 3.01. The minimum absolute atomic E-state index is 0.0444. The van der Waals surface area contributed by atoms with Crippen LogP contribution in [0.15, 0.2) is 24.3 Å². The Morgan fingerprint density at radius 2 is 1.78 bits per heavy atom. The first-order valence-corrected chi connectivity index (χ1v) is 8.86. The lowest BCUT2D eigenvalue weighted by molar-refractivity contribution is 0.0449. The number of carbonyl (C=O) groups is 3. The predicted molar refractivity (Wildman–Crippen MR) is 100 cm³/mol. The molecule has 1 aromatic carbocycles. The van der Waals surface area contributed by atoms with Gasteiger partial charge in [-0.25, -0.2) is 9.59 Å². The van der Waals surface area contributed by atoms with Crippen molar-refractivity contribution in [2.75, 3.05) is 26.5 Å². The Labute approximate surface area is 160 Å². The van der Waals surface area contributed by atoms with Crippen molar-refractivity contribution in [1.82, 2.24) is 5.32 Å². The van der Waals surface area contributed by atoms with Gasteiger partial charge in [0.25, 0.3) is 5.91 Å². The van der Waals surface area contributed by atoms with Gasteiger partial charge in [-0.2, -0.15) is 0 Å². The highest BCUT2D eigenvalue weighted by atomic mass is 32.1. The fourth-order valence-corrected chi connectivity index (χ4v) is 3.30. The quantitative estimate of drug-likeness (QED) is 0.694. The summed E-state index contributed by atoms with van der Waals surface area (Å²) in [5.74, 6) is -1.11. The van der Waals surface area contributed by atoms with Gasteiger partial charge in [0.05, 0.1) is 19.3 Å². The highest BCUT2D eigenvalue weighted by Gasteiger charge is 2.27. The van der Waals surface area contributed by atoms with Gasteiger partial charge in [0.1, 0.15) is 27.8 Å². The molecule has 0 spiro atoms. The normalized spacial score (nSPS) is 10.2. The maximum absolute atomic E-state index is 12.3. The number of hydrogen-bond donors (Lipinski definition) is 2. The van der Waals surface area contributed by atoms with E-state index in [1.807, 2.05) is 0 Å². The Morgan fingerprint density at radius 1 is 1.11 bits per heavy atom. The van der Waals surface area contributed by atoms with Gasteiger partial charge in [0.15, 0.2) is 0 Å². The molecule has 0 radical (unpaired) electrons. The van der Waals surface area contributed by atoms with Gasteiger partial charge in [-0.1, -0.05) is 0 Å². The number of carbonyl (C=O) groups excluding carboxylic acids is 3. The SMILES string of the molecule is CCOC(=O)c1c(N)sc(C(=O)NC)c1COC(=O)c1ccc(OC)cc1. The summed E-state index contributed by atoms with van der Waals surface area (Å²) in [4.78, 5) is 36.8. The standard InChI is InChI=1S/C18H20N2O6S/c1-4-25-18(23)13-12(14(16(21)20-2)27-15(13)19)9-26-17(22)10-5-7-11(24-3)8-6-10/h5-8H,4,9,19H2,1-3H3,(H,20,21). The monoisotopic (exact) mass is 392 g/mol. The zero-order chi connectivity index (χ0) is 20.0. The maximum atomic E-state index is 12.3. The molecule has 0 saturated heterocycles. The first-order chi connectivity index (χ1) is 12.9. The van der Waals surface area contributed by atoms with Crippen molar-refractivity contribution in [3.63, 3.8) is 0 Å². The lowest BCUT2D eigenvalue weighted by Gasteiger charge is -2.09. The average molecular weight is 392 g/mol. The smallest absolute Gasteiger partial charge is 0.341 e. The molecular weight excluding hydrogens is 372 g/mol. The third kappa shape index (κ3) is 4.56. The lowest BCUT2D eigenvalue weighted by Crippen LogP contribution is -2.19. The van der Waals surface area contributed by atoms with Crippen LogP contribution >= 0.6 is 11.3 Å². The van der Waals surface area contributed by atoms with Crippen molar-refractivity contribution in [2.24, 2.45) is 0 Å². The van der Waals surface area contributed by atoms with Crippen LogP contribution in [0.1, 0.15) is 42.9 Å². The first kappa shape index (κ1) is 20.2. The van der Waals surface area contributed by atoms with Crippen LogP contribution in [0.4, 0.5) is 5.00 Å². The summed E-state index contributed by atoms with van der Waals surface area (Å²) in [6, 6.07) is 6.35. The number of amides is 1. The van der Waals surface area contributed by atoms with Crippen molar-refractivity contribution in [3.8, 4) is 5.75 Å². The van der Waals surface area contributed by atoms with Crippen molar-refractivity contribution in [2.45, 2.75) is 13.5 Å². The number of thiophene rings is 1. The molecule has 3 N–H and O–H groups in total. The van der Waals surface area contributed by atoms with Crippen molar-refractivity contribution in [3.05, 3.63) is 45.8 Å². The van der Waals surface area contributed by atoms with Crippen LogP contribution in [0.2, 0.25) is 0 Å². The van der Waals surface area contributed by atoms with Gasteiger partial charge in [-0.05, 0) is 31.2 Å². The number of ether oxygens (including phenoxy) is 3. The number of esters is 2. The molecule has 144 valence electrons. The summed E-state index contributed by atoms with van der Waals surface area (Å²) in [7, 11) is 2.97. The van der Waals surface area contributed by atoms with Crippen LogP contribution in [0.3, 0.4) is 0 Å². The molecule has 1 amide bonds. The van der Waals surface area contributed by atoms with Gasteiger partial charge in [-0.15, -0.1) is 11.3 Å². The molecule has 9 heteroatoms. The molecule has 1 heterocycles. The van der Waals surface area contributed by atoms with E-state index in [1.165, 1.54) is 14.2 Å². The summed E-state index contributed by atoms with van der Waals surface area (Å²) in [6.45, 7) is 1.51. The fourth-order valence-electron chi connectivity index (χ4n) is 2.29. The van der Waals surface area contributed by atoms with Crippen molar-refractivity contribution < 1.29 is 28.6 Å². The Morgan fingerprint density at radius 3 is 2.33 bits per heavy atom. The second-order valence-corrected chi connectivity index (χ2v) is 6.31. The van der Waals surface area contributed by atoms with E-state index >= 15 is 0 Å². The van der Waals surface area contributed by atoms with Gasteiger partial charge in [0, 0.05) is 12.6 Å². The highest BCUT2D eigenvalue weighted by molar-refractivity contribution is 7.18. The topological polar surface area (TPSA) is 117 Å². The number of methoxy groups -OCH3 is 1. The van der Waals surface area contributed by atoms with Crippen LogP contribution < -0.4 is 15.8 Å². The maximum Gasteiger partial charge on any atom is 0.341 e. The Balaban J connectivity index is 2.28. The van der Waals surface area contributed by atoms with Gasteiger partial charge in [0.2, 0.25) is 0 Å². The first-order valence-electron chi connectivity index (χ1n) is 8.04. The summed E-state index contributed by atoms with van der Waals surface area (Å²) < 4.78 is 15.3. The number of nitrogens with two attached hydrogens (primary N) is 1. The number of nitrogens with one attached hydrogen (secondary N) is 1. The zero-order valence-corrected chi connectivity index (χ0v) is 16.0. The van der Waals surface area contributed by atoms with E-state index in [1.54, 1.807) is 31.2 Å². The summed E-state index contributed by atoms with van der Waals surface area (Å²) >= 11 is 0.937. The van der Waals surface area contributed by atoms with E-state index in [0.29, 0.717) is 11.3 Å². The summed E-state index contributed by atoms with van der Waals surface area (Å²) in [5, 5.41) is 2.60. The van der Waals surface area contributed by atoms with Crippen LogP contribution in [0.25, 0.3) is 0 Å². The van der Waals surface area contributed by atoms with E-state index in [0.717, 1.165) is 11.3 Å². The predicted octanol–water partition coefficient (Wildman–Crippen LogP) is 2.23. The number of benzene rings is 1.